The second-order valence-electron chi connectivity index (χ2n) is 6.69. The maximum atomic E-state index is 12.5. The van der Waals surface area contributed by atoms with Crippen LogP contribution in [0.3, 0.4) is 0 Å². The predicted molar refractivity (Wildman–Crippen MR) is 108 cm³/mol. The summed E-state index contributed by atoms with van der Waals surface area (Å²) in [5, 5.41) is 9.92. The fraction of sp³-hybridized carbons (Fsp3) is 0.190. The molecule has 0 bridgehead atoms. The van der Waals surface area contributed by atoms with E-state index in [9.17, 15) is 9.59 Å². The van der Waals surface area contributed by atoms with Crippen molar-refractivity contribution in [3.8, 4) is 17.3 Å². The number of hydrogen-bond donors (Lipinski definition) is 2. The van der Waals surface area contributed by atoms with E-state index >= 15 is 0 Å². The molecule has 2 aromatic carbocycles. The number of ether oxygens (including phenoxy) is 2. The number of nitrogens with zero attached hydrogens (tertiary/aromatic N) is 2. The van der Waals surface area contributed by atoms with E-state index in [0.29, 0.717) is 23.0 Å². The summed E-state index contributed by atoms with van der Waals surface area (Å²) in [6.45, 7) is 3.49. The Morgan fingerprint density at radius 2 is 2.07 bits per heavy atom. The van der Waals surface area contributed by atoms with Gasteiger partial charge in [0.1, 0.15) is 5.75 Å². The zero-order valence-corrected chi connectivity index (χ0v) is 16.0. The summed E-state index contributed by atoms with van der Waals surface area (Å²) in [6, 6.07) is 14.7. The van der Waals surface area contributed by atoms with Crippen LogP contribution in [-0.2, 0) is 9.59 Å². The highest BCUT2D eigenvalue weighted by Crippen LogP contribution is 2.30. The van der Waals surface area contributed by atoms with Gasteiger partial charge in [0.25, 0.3) is 11.8 Å². The second-order valence-corrected chi connectivity index (χ2v) is 6.69. The van der Waals surface area contributed by atoms with Crippen molar-refractivity contribution in [2.24, 2.45) is 0 Å². The van der Waals surface area contributed by atoms with Gasteiger partial charge in [0, 0.05) is 23.5 Å². The molecular formula is C21H20N4O4. The summed E-state index contributed by atoms with van der Waals surface area (Å²) in [7, 11) is 0. The number of amides is 2. The van der Waals surface area contributed by atoms with Crippen LogP contribution in [0.25, 0.3) is 5.69 Å². The fourth-order valence-corrected chi connectivity index (χ4v) is 2.89. The smallest absolute Gasteiger partial charge is 0.265 e. The van der Waals surface area contributed by atoms with Gasteiger partial charge < -0.3 is 20.1 Å². The number of fused-ring (bicyclic) bond motifs is 1. The van der Waals surface area contributed by atoms with Gasteiger partial charge in [0.15, 0.2) is 12.7 Å². The van der Waals surface area contributed by atoms with E-state index < -0.39 is 6.10 Å². The van der Waals surface area contributed by atoms with Gasteiger partial charge in [0.05, 0.1) is 11.4 Å². The monoisotopic (exact) mass is 392 g/mol. The average Bonchev–Trinajstić information content (AvgIpc) is 3.09. The maximum absolute atomic E-state index is 12.5. The van der Waals surface area contributed by atoms with E-state index in [4.69, 9.17) is 9.47 Å². The van der Waals surface area contributed by atoms with Crippen LogP contribution in [-0.4, -0.2) is 34.3 Å². The van der Waals surface area contributed by atoms with Crippen LogP contribution in [0.15, 0.2) is 54.7 Å². The van der Waals surface area contributed by atoms with Gasteiger partial charge in [-0.05, 0) is 38.1 Å². The molecular weight excluding hydrogens is 372 g/mol. The van der Waals surface area contributed by atoms with E-state index in [-0.39, 0.29) is 18.4 Å². The molecule has 1 aliphatic heterocycles. The van der Waals surface area contributed by atoms with Crippen LogP contribution in [0.2, 0.25) is 0 Å². The van der Waals surface area contributed by atoms with Crippen LogP contribution in [0.1, 0.15) is 12.5 Å². The maximum Gasteiger partial charge on any atom is 0.265 e. The molecule has 0 fully saturated rings. The molecule has 29 heavy (non-hydrogen) atoms. The SMILES string of the molecule is Cc1cn(-c2ccccc2)nc1OC(C)C(=O)Nc1ccc2c(c1)OCC(=O)N2. The van der Waals surface area contributed by atoms with Gasteiger partial charge in [-0.1, -0.05) is 18.2 Å². The highest BCUT2D eigenvalue weighted by molar-refractivity contribution is 5.97. The number of hydrogen-bond acceptors (Lipinski definition) is 5. The van der Waals surface area contributed by atoms with Crippen molar-refractivity contribution in [1.82, 2.24) is 9.78 Å². The summed E-state index contributed by atoms with van der Waals surface area (Å²) in [6.07, 6.45) is 1.09. The molecule has 0 spiro atoms. The first-order valence-corrected chi connectivity index (χ1v) is 9.15. The minimum atomic E-state index is -0.760. The summed E-state index contributed by atoms with van der Waals surface area (Å²) < 4.78 is 12.9. The molecule has 0 saturated carbocycles. The van der Waals surface area contributed by atoms with Crippen molar-refractivity contribution >= 4 is 23.2 Å². The molecule has 8 heteroatoms. The van der Waals surface area contributed by atoms with Crippen LogP contribution >= 0.6 is 0 Å². The Bertz CT molecular complexity index is 1060. The molecule has 2 N–H and O–H groups in total. The van der Waals surface area contributed by atoms with Gasteiger partial charge in [0.2, 0.25) is 5.88 Å². The molecule has 1 aliphatic rings. The van der Waals surface area contributed by atoms with Crippen molar-refractivity contribution in [3.05, 3.63) is 60.3 Å². The van der Waals surface area contributed by atoms with Crippen LogP contribution in [0.4, 0.5) is 11.4 Å². The number of carbonyl (C=O) groups excluding carboxylic acids is 2. The normalized spacial score (nSPS) is 13.7. The molecule has 148 valence electrons. The third kappa shape index (κ3) is 4.06. The largest absolute Gasteiger partial charge is 0.482 e. The average molecular weight is 392 g/mol. The summed E-state index contributed by atoms with van der Waals surface area (Å²) in [5.41, 5.74) is 2.85. The molecule has 4 rings (SSSR count). The molecule has 1 atom stereocenters. The Morgan fingerprint density at radius 1 is 1.28 bits per heavy atom. The molecule has 0 radical (unpaired) electrons. The number of aryl methyl sites for hydroxylation is 1. The van der Waals surface area contributed by atoms with Gasteiger partial charge >= 0.3 is 0 Å². The molecule has 3 aromatic rings. The number of anilines is 2. The van der Waals surface area contributed by atoms with E-state index in [1.165, 1.54) is 0 Å². The highest BCUT2D eigenvalue weighted by atomic mass is 16.5. The zero-order valence-electron chi connectivity index (χ0n) is 16.0. The van der Waals surface area contributed by atoms with E-state index in [1.54, 1.807) is 29.8 Å². The van der Waals surface area contributed by atoms with E-state index in [0.717, 1.165) is 11.3 Å². The Morgan fingerprint density at radius 3 is 2.86 bits per heavy atom. The minimum Gasteiger partial charge on any atom is -0.482 e. The van der Waals surface area contributed by atoms with Crippen molar-refractivity contribution in [1.29, 1.82) is 0 Å². The molecule has 8 nitrogen and oxygen atoms in total. The highest BCUT2D eigenvalue weighted by Gasteiger charge is 2.20. The lowest BCUT2D eigenvalue weighted by Gasteiger charge is -2.19. The third-order valence-corrected chi connectivity index (χ3v) is 4.41. The lowest BCUT2D eigenvalue weighted by Crippen LogP contribution is -2.30. The van der Waals surface area contributed by atoms with Gasteiger partial charge in [-0.3, -0.25) is 9.59 Å². The molecule has 1 aromatic heterocycles. The molecule has 0 saturated heterocycles. The molecule has 2 heterocycles. The number of para-hydroxylation sites is 1. The van der Waals surface area contributed by atoms with Crippen molar-refractivity contribution in [2.45, 2.75) is 20.0 Å². The van der Waals surface area contributed by atoms with Crippen molar-refractivity contribution in [2.75, 3.05) is 17.2 Å². The number of nitrogens with one attached hydrogen (secondary N) is 2. The van der Waals surface area contributed by atoms with Gasteiger partial charge in [-0.15, -0.1) is 5.10 Å². The quantitative estimate of drug-likeness (QED) is 0.696. The zero-order chi connectivity index (χ0) is 20.4. The van der Waals surface area contributed by atoms with Crippen molar-refractivity contribution < 1.29 is 19.1 Å². The van der Waals surface area contributed by atoms with Gasteiger partial charge in [-0.2, -0.15) is 0 Å². The topological polar surface area (TPSA) is 94.5 Å². The second kappa shape index (κ2) is 7.67. The number of rotatable bonds is 5. The van der Waals surface area contributed by atoms with Crippen LogP contribution in [0, 0.1) is 6.92 Å². The fourth-order valence-electron chi connectivity index (χ4n) is 2.89. The first-order chi connectivity index (χ1) is 14.0. The Balaban J connectivity index is 1.43. The molecule has 2 amide bonds. The lowest BCUT2D eigenvalue weighted by molar-refractivity contribution is -0.122. The summed E-state index contributed by atoms with van der Waals surface area (Å²) in [5.74, 6) is 0.376. The standard InChI is InChI=1S/C21H20N4O4/c1-13-11-25(16-6-4-3-5-7-16)24-21(13)29-14(2)20(27)22-15-8-9-17-18(10-15)28-12-19(26)23-17/h3-11,14H,12H2,1-2H3,(H,22,27)(H,23,26). The van der Waals surface area contributed by atoms with Gasteiger partial charge in [-0.25, -0.2) is 4.68 Å². The van der Waals surface area contributed by atoms with Crippen LogP contribution in [0.5, 0.6) is 11.6 Å². The Kier molecular flexibility index (Phi) is 4.90. The number of aromatic nitrogens is 2. The Hall–Kier alpha value is -3.81. The minimum absolute atomic E-state index is 0.0483. The molecule has 1 unspecified atom stereocenters. The Labute approximate surface area is 167 Å². The number of benzene rings is 2. The first-order valence-electron chi connectivity index (χ1n) is 9.15. The van der Waals surface area contributed by atoms with Crippen LogP contribution < -0.4 is 20.1 Å². The number of carbonyl (C=O) groups is 2. The molecule has 0 aliphatic carbocycles. The first kappa shape index (κ1) is 18.5. The summed E-state index contributed by atoms with van der Waals surface area (Å²) in [4.78, 5) is 23.9. The predicted octanol–water partition coefficient (Wildman–Crippen LogP) is 2.92. The van der Waals surface area contributed by atoms with E-state index in [2.05, 4.69) is 15.7 Å². The van der Waals surface area contributed by atoms with E-state index in [1.807, 2.05) is 43.5 Å². The summed E-state index contributed by atoms with van der Waals surface area (Å²) >= 11 is 0. The van der Waals surface area contributed by atoms with Crippen molar-refractivity contribution in [3.63, 3.8) is 0 Å². The lowest BCUT2D eigenvalue weighted by atomic mass is 10.2. The third-order valence-electron chi connectivity index (χ3n) is 4.41.